The summed E-state index contributed by atoms with van der Waals surface area (Å²) in [6.07, 6.45) is 4.13. The second-order valence-corrected chi connectivity index (χ2v) is 4.33. The Kier molecular flexibility index (Phi) is 3.10. The average Bonchev–Trinajstić information content (AvgIpc) is 2.08. The molecule has 0 aliphatic heterocycles. The van der Waals surface area contributed by atoms with E-state index < -0.39 is 23.3 Å². The van der Waals surface area contributed by atoms with Crippen LogP contribution in [0.5, 0.6) is 0 Å². The van der Waals surface area contributed by atoms with Gasteiger partial charge < -0.3 is 10.2 Å². The number of halogens is 1. The molecule has 0 fully saturated rings. The molecule has 1 aliphatic rings. The smallest absolute Gasteiger partial charge is 0.314 e. The van der Waals surface area contributed by atoms with Crippen LogP contribution in [0.25, 0.3) is 0 Å². The summed E-state index contributed by atoms with van der Waals surface area (Å²) < 4.78 is 0.695. The second kappa shape index (κ2) is 3.82. The van der Waals surface area contributed by atoms with Crippen LogP contribution in [0.1, 0.15) is 6.92 Å². The summed E-state index contributed by atoms with van der Waals surface area (Å²) in [4.78, 5) is 22.0. The molecule has 1 aliphatic carbocycles. The van der Waals surface area contributed by atoms with Crippen LogP contribution in [0.4, 0.5) is 0 Å². The van der Waals surface area contributed by atoms with Crippen LogP contribution in [-0.2, 0) is 9.59 Å². The lowest BCUT2D eigenvalue weighted by atomic mass is 9.81. The molecule has 0 bridgehead atoms. The Labute approximate surface area is 94.4 Å². The van der Waals surface area contributed by atoms with Crippen molar-refractivity contribution in [3.05, 3.63) is 21.8 Å². The largest absolute Gasteiger partial charge is 0.481 e. The SMILES string of the molecule is CC(=O)C1(O)C=CC(I)=CC1C(=O)O. The molecule has 76 valence electrons. The first-order valence-corrected chi connectivity index (χ1v) is 4.98. The fourth-order valence-corrected chi connectivity index (χ4v) is 1.79. The van der Waals surface area contributed by atoms with Gasteiger partial charge in [-0.2, -0.15) is 0 Å². The maximum atomic E-state index is 11.1. The van der Waals surface area contributed by atoms with Gasteiger partial charge in [0.25, 0.3) is 0 Å². The maximum Gasteiger partial charge on any atom is 0.314 e. The molecule has 0 aromatic rings. The zero-order chi connectivity index (χ0) is 10.9. The monoisotopic (exact) mass is 308 g/mol. The summed E-state index contributed by atoms with van der Waals surface area (Å²) >= 11 is 1.93. The van der Waals surface area contributed by atoms with Gasteiger partial charge in [-0.05, 0) is 41.7 Å². The van der Waals surface area contributed by atoms with Crippen LogP contribution in [0.2, 0.25) is 0 Å². The van der Waals surface area contributed by atoms with E-state index in [0.29, 0.717) is 3.58 Å². The first-order valence-electron chi connectivity index (χ1n) is 3.90. The number of Topliss-reactive ketones (excluding diaryl/α,β-unsaturated/α-hetero) is 1. The highest BCUT2D eigenvalue weighted by atomic mass is 127. The summed E-state index contributed by atoms with van der Waals surface area (Å²) in [5, 5.41) is 18.7. The van der Waals surface area contributed by atoms with Gasteiger partial charge in [0.05, 0.1) is 0 Å². The summed E-state index contributed by atoms with van der Waals surface area (Å²) in [7, 11) is 0. The Morgan fingerprint density at radius 1 is 1.57 bits per heavy atom. The number of hydrogen-bond acceptors (Lipinski definition) is 3. The Balaban J connectivity index is 3.15. The van der Waals surface area contributed by atoms with Gasteiger partial charge in [-0.25, -0.2) is 0 Å². The molecule has 0 aromatic carbocycles. The van der Waals surface area contributed by atoms with Crippen molar-refractivity contribution in [2.75, 3.05) is 0 Å². The van der Waals surface area contributed by atoms with Crippen molar-refractivity contribution >= 4 is 34.3 Å². The Morgan fingerprint density at radius 2 is 2.14 bits per heavy atom. The van der Waals surface area contributed by atoms with Crippen LogP contribution in [-0.4, -0.2) is 27.6 Å². The maximum absolute atomic E-state index is 11.1. The summed E-state index contributed by atoms with van der Waals surface area (Å²) in [5.74, 6) is -2.97. The van der Waals surface area contributed by atoms with E-state index in [1.165, 1.54) is 25.2 Å². The summed E-state index contributed by atoms with van der Waals surface area (Å²) in [5.41, 5.74) is -1.90. The zero-order valence-electron chi connectivity index (χ0n) is 7.40. The first-order chi connectivity index (χ1) is 6.38. The summed E-state index contributed by atoms with van der Waals surface area (Å²) in [6.45, 7) is 1.17. The third-order valence-corrected chi connectivity index (χ3v) is 2.85. The molecule has 0 aromatic heterocycles. The Morgan fingerprint density at radius 3 is 2.57 bits per heavy atom. The highest BCUT2D eigenvalue weighted by molar-refractivity contribution is 14.1. The second-order valence-electron chi connectivity index (χ2n) is 3.08. The number of allylic oxidation sites excluding steroid dienone is 2. The van der Waals surface area contributed by atoms with Gasteiger partial charge in [0, 0.05) is 3.58 Å². The quantitative estimate of drug-likeness (QED) is 0.743. The molecule has 5 heteroatoms. The molecular weight excluding hydrogens is 299 g/mol. The molecule has 2 N–H and O–H groups in total. The minimum atomic E-state index is -1.90. The molecule has 0 amide bonds. The van der Waals surface area contributed by atoms with Crippen LogP contribution in [0.3, 0.4) is 0 Å². The van der Waals surface area contributed by atoms with E-state index in [-0.39, 0.29) is 0 Å². The molecule has 14 heavy (non-hydrogen) atoms. The van der Waals surface area contributed by atoms with Gasteiger partial charge in [0.15, 0.2) is 11.4 Å². The first kappa shape index (κ1) is 11.4. The normalized spacial score (nSPS) is 31.1. The number of carbonyl (C=O) groups is 2. The lowest BCUT2D eigenvalue weighted by Gasteiger charge is -2.28. The predicted molar refractivity (Wildman–Crippen MR) is 58.0 cm³/mol. The number of carboxylic acid groups (broad SMARTS) is 1. The van der Waals surface area contributed by atoms with E-state index >= 15 is 0 Å². The lowest BCUT2D eigenvalue weighted by Crippen LogP contribution is -2.46. The molecule has 1 rings (SSSR count). The highest BCUT2D eigenvalue weighted by Gasteiger charge is 2.43. The fraction of sp³-hybridized carbons (Fsp3) is 0.333. The van der Waals surface area contributed by atoms with Gasteiger partial charge in [-0.1, -0.05) is 6.08 Å². The molecular formula is C9H9IO4. The third kappa shape index (κ3) is 1.88. The van der Waals surface area contributed by atoms with Crippen LogP contribution in [0.15, 0.2) is 21.8 Å². The number of aliphatic hydroxyl groups is 1. The topological polar surface area (TPSA) is 74.6 Å². The van der Waals surface area contributed by atoms with Crippen LogP contribution >= 0.6 is 22.6 Å². The van der Waals surface area contributed by atoms with E-state index in [2.05, 4.69) is 0 Å². The zero-order valence-corrected chi connectivity index (χ0v) is 9.56. The van der Waals surface area contributed by atoms with Crippen molar-refractivity contribution in [2.24, 2.45) is 5.92 Å². The highest BCUT2D eigenvalue weighted by Crippen LogP contribution is 2.30. The number of rotatable bonds is 2. The number of ketones is 1. The molecule has 2 atom stereocenters. The fourth-order valence-electron chi connectivity index (χ4n) is 1.25. The number of hydrogen-bond donors (Lipinski definition) is 2. The molecule has 2 unspecified atom stereocenters. The average molecular weight is 308 g/mol. The van der Waals surface area contributed by atoms with Crippen molar-refractivity contribution < 1.29 is 19.8 Å². The minimum absolute atomic E-state index is 0.568. The standard InChI is InChI=1S/C9H9IO4/c1-5(11)9(14)3-2-6(10)4-7(9)8(12)13/h2-4,7,14H,1H3,(H,12,13). The van der Waals surface area contributed by atoms with E-state index in [1.54, 1.807) is 0 Å². The molecule has 0 radical (unpaired) electrons. The van der Waals surface area contributed by atoms with E-state index in [4.69, 9.17) is 5.11 Å². The van der Waals surface area contributed by atoms with Crippen molar-refractivity contribution in [3.8, 4) is 0 Å². The van der Waals surface area contributed by atoms with Crippen molar-refractivity contribution in [1.29, 1.82) is 0 Å². The van der Waals surface area contributed by atoms with E-state index in [1.807, 2.05) is 22.6 Å². The van der Waals surface area contributed by atoms with E-state index in [0.717, 1.165) is 0 Å². The van der Waals surface area contributed by atoms with Crippen LogP contribution in [0, 0.1) is 5.92 Å². The predicted octanol–water partition coefficient (Wildman–Crippen LogP) is 0.896. The van der Waals surface area contributed by atoms with Gasteiger partial charge >= 0.3 is 5.97 Å². The van der Waals surface area contributed by atoms with Crippen LogP contribution < -0.4 is 0 Å². The Hall–Kier alpha value is -0.690. The van der Waals surface area contributed by atoms with Gasteiger partial charge in [-0.15, -0.1) is 0 Å². The Bertz CT molecular complexity index is 345. The van der Waals surface area contributed by atoms with E-state index in [9.17, 15) is 14.7 Å². The number of carboxylic acids is 1. The summed E-state index contributed by atoms with van der Waals surface area (Å²) in [6, 6.07) is 0. The van der Waals surface area contributed by atoms with Crippen molar-refractivity contribution in [3.63, 3.8) is 0 Å². The van der Waals surface area contributed by atoms with Gasteiger partial charge in [0.2, 0.25) is 0 Å². The van der Waals surface area contributed by atoms with Gasteiger partial charge in [0.1, 0.15) is 5.92 Å². The minimum Gasteiger partial charge on any atom is -0.481 e. The lowest BCUT2D eigenvalue weighted by molar-refractivity contribution is -0.152. The molecule has 0 heterocycles. The van der Waals surface area contributed by atoms with Gasteiger partial charge in [-0.3, -0.25) is 9.59 Å². The molecule has 4 nitrogen and oxygen atoms in total. The molecule has 0 spiro atoms. The third-order valence-electron chi connectivity index (χ3n) is 2.13. The molecule has 0 saturated carbocycles. The number of aliphatic carboxylic acids is 1. The number of carbonyl (C=O) groups excluding carboxylic acids is 1. The molecule has 0 saturated heterocycles. The van der Waals surface area contributed by atoms with Crippen molar-refractivity contribution in [2.45, 2.75) is 12.5 Å². The van der Waals surface area contributed by atoms with Crippen molar-refractivity contribution in [1.82, 2.24) is 0 Å².